The van der Waals surface area contributed by atoms with E-state index in [1.54, 1.807) is 12.1 Å². The van der Waals surface area contributed by atoms with Gasteiger partial charge >= 0.3 is 0 Å². The van der Waals surface area contributed by atoms with Crippen LogP contribution in [-0.2, 0) is 21.2 Å². The van der Waals surface area contributed by atoms with Gasteiger partial charge in [0, 0.05) is 5.54 Å². The van der Waals surface area contributed by atoms with Crippen molar-refractivity contribution in [3.8, 4) is 0 Å². The molecule has 0 aliphatic rings. The lowest BCUT2D eigenvalue weighted by Gasteiger charge is -2.25. The van der Waals surface area contributed by atoms with Crippen molar-refractivity contribution < 1.29 is 13.2 Å². The van der Waals surface area contributed by atoms with Crippen molar-refractivity contribution in [1.29, 1.82) is 0 Å². The molecule has 2 N–H and O–H groups in total. The third-order valence-corrected chi connectivity index (χ3v) is 5.98. The highest BCUT2D eigenvalue weighted by atomic mass is 32.2. The number of amides is 1. The van der Waals surface area contributed by atoms with Gasteiger partial charge in [0.05, 0.1) is 11.7 Å². The van der Waals surface area contributed by atoms with Crippen molar-refractivity contribution in [2.45, 2.75) is 43.7 Å². The fourth-order valence-corrected chi connectivity index (χ4v) is 4.71. The van der Waals surface area contributed by atoms with E-state index in [-0.39, 0.29) is 17.2 Å². The van der Waals surface area contributed by atoms with Gasteiger partial charge in [-0.2, -0.15) is 13.5 Å². The molecule has 0 saturated carbocycles. The molecule has 0 radical (unpaired) electrons. The summed E-state index contributed by atoms with van der Waals surface area (Å²) in [6, 6.07) is 13.1. The number of rotatable bonds is 6. The quantitative estimate of drug-likeness (QED) is 0.640. The van der Waals surface area contributed by atoms with Crippen LogP contribution in [0.3, 0.4) is 0 Å². The van der Waals surface area contributed by atoms with E-state index in [0.29, 0.717) is 11.0 Å². The second kappa shape index (κ2) is 7.94. The minimum atomic E-state index is -3.98. The van der Waals surface area contributed by atoms with E-state index in [0.717, 1.165) is 17.3 Å². The third-order valence-electron chi connectivity index (χ3n) is 3.93. The monoisotopic (exact) mass is 418 g/mol. The number of nitrogens with zero attached hydrogens (tertiary/aromatic N) is 2. The number of hydrogen-bond acceptors (Lipinski definition) is 6. The first-order valence-electron chi connectivity index (χ1n) is 8.75. The summed E-state index contributed by atoms with van der Waals surface area (Å²) in [5, 5.41) is 2.85. The van der Waals surface area contributed by atoms with Crippen LogP contribution in [0.2, 0.25) is 0 Å². The second-order valence-electron chi connectivity index (χ2n) is 7.49. The van der Waals surface area contributed by atoms with Crippen molar-refractivity contribution in [1.82, 2.24) is 18.8 Å². The Morgan fingerprint density at radius 1 is 1.07 bits per heavy atom. The van der Waals surface area contributed by atoms with E-state index in [1.165, 1.54) is 6.07 Å². The zero-order valence-corrected chi connectivity index (χ0v) is 17.5. The van der Waals surface area contributed by atoms with Gasteiger partial charge in [-0.25, -0.2) is 8.42 Å². The maximum Gasteiger partial charge on any atom is 0.243 e. The molecule has 1 heterocycles. The molecule has 0 fully saturated rings. The number of carbonyl (C=O) groups excluding carboxylic acids is 1. The number of nitrogens with one attached hydrogen (secondary N) is 2. The average Bonchev–Trinajstić information content (AvgIpc) is 3.09. The zero-order valence-electron chi connectivity index (χ0n) is 15.8. The highest BCUT2D eigenvalue weighted by Crippen LogP contribution is 2.21. The van der Waals surface area contributed by atoms with Gasteiger partial charge in [-0.1, -0.05) is 36.4 Å². The molecule has 0 spiro atoms. The maximum atomic E-state index is 13.1. The predicted molar refractivity (Wildman–Crippen MR) is 110 cm³/mol. The SMILES string of the molecule is CC(C)(C)NC(=O)[C@@H](Cc1ccccc1)NS(=O)(=O)c1cccc2nsnc12. The Kier molecular flexibility index (Phi) is 5.78. The third kappa shape index (κ3) is 4.92. The summed E-state index contributed by atoms with van der Waals surface area (Å²) in [5.41, 5.74) is 1.17. The van der Waals surface area contributed by atoms with Gasteiger partial charge in [-0.15, -0.1) is 0 Å². The minimum Gasteiger partial charge on any atom is -0.350 e. The number of hydrogen-bond donors (Lipinski definition) is 2. The van der Waals surface area contributed by atoms with Crippen LogP contribution in [0.25, 0.3) is 11.0 Å². The Hall–Kier alpha value is -2.36. The fourth-order valence-electron chi connectivity index (χ4n) is 2.74. The molecule has 0 saturated heterocycles. The number of benzene rings is 2. The Labute approximate surface area is 168 Å². The van der Waals surface area contributed by atoms with Crippen LogP contribution in [0.1, 0.15) is 26.3 Å². The topological polar surface area (TPSA) is 101 Å². The smallest absolute Gasteiger partial charge is 0.243 e. The average molecular weight is 419 g/mol. The number of aromatic nitrogens is 2. The van der Waals surface area contributed by atoms with Gasteiger partial charge in [0.15, 0.2) is 0 Å². The van der Waals surface area contributed by atoms with E-state index in [9.17, 15) is 13.2 Å². The molecular formula is C19H22N4O3S2. The van der Waals surface area contributed by atoms with Gasteiger partial charge in [-0.05, 0) is 44.9 Å². The van der Waals surface area contributed by atoms with Crippen molar-refractivity contribution >= 4 is 38.7 Å². The second-order valence-corrected chi connectivity index (χ2v) is 9.70. The molecule has 148 valence electrons. The molecule has 28 heavy (non-hydrogen) atoms. The Morgan fingerprint density at radius 2 is 1.79 bits per heavy atom. The van der Waals surface area contributed by atoms with Gasteiger partial charge in [0.25, 0.3) is 0 Å². The Bertz CT molecular complexity index is 1070. The molecule has 7 nitrogen and oxygen atoms in total. The van der Waals surface area contributed by atoms with Gasteiger partial charge in [0.1, 0.15) is 22.0 Å². The number of carbonyl (C=O) groups is 1. The van der Waals surface area contributed by atoms with E-state index in [1.807, 2.05) is 51.1 Å². The van der Waals surface area contributed by atoms with E-state index < -0.39 is 21.6 Å². The molecule has 3 aromatic rings. The largest absolute Gasteiger partial charge is 0.350 e. The fraction of sp³-hybridized carbons (Fsp3) is 0.316. The van der Waals surface area contributed by atoms with Crippen molar-refractivity contribution in [2.75, 3.05) is 0 Å². The van der Waals surface area contributed by atoms with Crippen LogP contribution in [0.5, 0.6) is 0 Å². The summed E-state index contributed by atoms with van der Waals surface area (Å²) < 4.78 is 36.9. The molecule has 1 aromatic heterocycles. The first-order valence-corrected chi connectivity index (χ1v) is 11.0. The molecular weight excluding hydrogens is 396 g/mol. The number of sulfonamides is 1. The molecule has 2 aromatic carbocycles. The molecule has 0 aliphatic heterocycles. The van der Waals surface area contributed by atoms with Crippen LogP contribution >= 0.6 is 11.7 Å². The van der Waals surface area contributed by atoms with Crippen LogP contribution in [0.15, 0.2) is 53.4 Å². The Balaban J connectivity index is 1.93. The highest BCUT2D eigenvalue weighted by molar-refractivity contribution is 7.89. The lowest BCUT2D eigenvalue weighted by Crippen LogP contribution is -2.53. The summed E-state index contributed by atoms with van der Waals surface area (Å²) in [6.07, 6.45) is 0.229. The van der Waals surface area contributed by atoms with Gasteiger partial charge in [-0.3, -0.25) is 4.79 Å². The molecule has 0 unspecified atom stereocenters. The number of fused-ring (bicyclic) bond motifs is 1. The van der Waals surface area contributed by atoms with Gasteiger partial charge in [0.2, 0.25) is 15.9 Å². The maximum absolute atomic E-state index is 13.1. The van der Waals surface area contributed by atoms with Crippen molar-refractivity contribution in [2.24, 2.45) is 0 Å². The molecule has 0 bridgehead atoms. The van der Waals surface area contributed by atoms with Gasteiger partial charge < -0.3 is 5.32 Å². The normalized spacial score (nSPS) is 13.4. The lowest BCUT2D eigenvalue weighted by molar-refractivity contribution is -0.124. The first kappa shape index (κ1) is 20.4. The highest BCUT2D eigenvalue weighted by Gasteiger charge is 2.29. The van der Waals surface area contributed by atoms with E-state index in [4.69, 9.17) is 0 Å². The zero-order chi connectivity index (χ0) is 20.4. The summed E-state index contributed by atoms with van der Waals surface area (Å²) >= 11 is 0.947. The molecule has 9 heteroatoms. The first-order chi connectivity index (χ1) is 13.2. The molecule has 1 atom stereocenters. The van der Waals surface area contributed by atoms with Crippen LogP contribution in [0, 0.1) is 0 Å². The van der Waals surface area contributed by atoms with Crippen LogP contribution in [0.4, 0.5) is 0 Å². The molecule has 0 aliphatic carbocycles. The predicted octanol–water partition coefficient (Wildman–Crippen LogP) is 2.50. The van der Waals surface area contributed by atoms with Crippen molar-refractivity contribution in [3.05, 3.63) is 54.1 Å². The molecule has 3 rings (SSSR count). The van der Waals surface area contributed by atoms with Crippen LogP contribution in [-0.4, -0.2) is 34.7 Å². The Morgan fingerprint density at radius 3 is 2.46 bits per heavy atom. The summed E-state index contributed by atoms with van der Waals surface area (Å²) in [7, 11) is -3.98. The van der Waals surface area contributed by atoms with Crippen molar-refractivity contribution in [3.63, 3.8) is 0 Å². The standard InChI is InChI=1S/C19H22N4O3S2/c1-19(2,3)20-18(24)15(12-13-8-5-4-6-9-13)23-28(25,26)16-11-7-10-14-17(16)22-27-21-14/h4-11,15,23H,12H2,1-3H3,(H,20,24)/t15-/m1/s1. The molecule has 1 amide bonds. The summed E-state index contributed by atoms with van der Waals surface area (Å²) in [5.74, 6) is -0.386. The van der Waals surface area contributed by atoms with E-state index in [2.05, 4.69) is 18.8 Å². The van der Waals surface area contributed by atoms with E-state index >= 15 is 0 Å². The van der Waals surface area contributed by atoms with Crippen LogP contribution < -0.4 is 10.0 Å². The lowest BCUT2D eigenvalue weighted by atomic mass is 10.0. The summed E-state index contributed by atoms with van der Waals surface area (Å²) in [4.78, 5) is 12.8. The minimum absolute atomic E-state index is 0.0142. The summed E-state index contributed by atoms with van der Waals surface area (Å²) in [6.45, 7) is 5.54.